The average Bonchev–Trinajstić information content (AvgIpc) is 2.40. The van der Waals surface area contributed by atoms with Gasteiger partial charge in [0.2, 0.25) is 5.91 Å². The summed E-state index contributed by atoms with van der Waals surface area (Å²) in [5, 5.41) is 0. The lowest BCUT2D eigenvalue weighted by molar-refractivity contribution is -0.120. The minimum atomic E-state index is -0.182. The third kappa shape index (κ3) is 2.96. The Labute approximate surface area is 107 Å². The monoisotopic (exact) mass is 240 g/mol. The molecule has 2 aromatic rings. The Kier molecular flexibility index (Phi) is 3.75. The third-order valence-corrected chi connectivity index (χ3v) is 2.86. The van der Waals surface area contributed by atoms with Crippen LogP contribution in [0.5, 0.6) is 0 Å². The normalized spacial score (nSPS) is 10.1. The number of carbonyl (C=O) groups excluding carboxylic acids is 1. The van der Waals surface area contributed by atoms with Crippen LogP contribution in [0, 0.1) is 6.92 Å². The number of hydrogen-bond acceptors (Lipinski definition) is 2. The molecule has 2 rings (SSSR count). The van der Waals surface area contributed by atoms with E-state index in [2.05, 4.69) is 36.6 Å². The van der Waals surface area contributed by atoms with Crippen molar-refractivity contribution in [2.75, 3.05) is 0 Å². The lowest BCUT2D eigenvalue weighted by Crippen LogP contribution is -2.31. The number of amides is 1. The highest BCUT2D eigenvalue weighted by atomic mass is 16.2. The van der Waals surface area contributed by atoms with E-state index in [0.717, 1.165) is 11.1 Å². The molecule has 0 saturated carbocycles. The fourth-order valence-corrected chi connectivity index (χ4v) is 1.80. The maximum absolute atomic E-state index is 11.1. The summed E-state index contributed by atoms with van der Waals surface area (Å²) in [5.74, 6) is 4.87. The van der Waals surface area contributed by atoms with Gasteiger partial charge in [-0.25, -0.2) is 5.84 Å². The molecule has 3 nitrogen and oxygen atoms in total. The summed E-state index contributed by atoms with van der Waals surface area (Å²) in [4.78, 5) is 11.1. The molecule has 3 N–H and O–H groups in total. The summed E-state index contributed by atoms with van der Waals surface area (Å²) >= 11 is 0. The first-order chi connectivity index (χ1) is 8.69. The highest BCUT2D eigenvalue weighted by Gasteiger charge is 2.02. The molecule has 3 heteroatoms. The fraction of sp³-hybridized carbons (Fsp3) is 0.133. The quantitative estimate of drug-likeness (QED) is 0.491. The second-order valence-electron chi connectivity index (χ2n) is 4.31. The van der Waals surface area contributed by atoms with Gasteiger partial charge in [0.15, 0.2) is 0 Å². The van der Waals surface area contributed by atoms with E-state index in [4.69, 9.17) is 5.84 Å². The summed E-state index contributed by atoms with van der Waals surface area (Å²) < 4.78 is 0. The van der Waals surface area contributed by atoms with Crippen molar-refractivity contribution in [3.8, 4) is 11.1 Å². The molecule has 0 spiro atoms. The number of benzene rings is 2. The van der Waals surface area contributed by atoms with Crippen LogP contribution in [0.4, 0.5) is 0 Å². The van der Waals surface area contributed by atoms with Crippen LogP contribution in [0.1, 0.15) is 11.1 Å². The number of hydrogen-bond donors (Lipinski definition) is 2. The van der Waals surface area contributed by atoms with Crippen LogP contribution < -0.4 is 11.3 Å². The fourth-order valence-electron chi connectivity index (χ4n) is 1.80. The Balaban J connectivity index is 2.17. The molecule has 1 amide bonds. The van der Waals surface area contributed by atoms with Gasteiger partial charge in [0.05, 0.1) is 6.42 Å². The zero-order valence-corrected chi connectivity index (χ0v) is 10.3. The Morgan fingerprint density at radius 2 is 1.50 bits per heavy atom. The van der Waals surface area contributed by atoms with Crippen LogP contribution in [0.3, 0.4) is 0 Å². The van der Waals surface area contributed by atoms with E-state index in [0.29, 0.717) is 6.42 Å². The average molecular weight is 240 g/mol. The van der Waals surface area contributed by atoms with E-state index in [1.807, 2.05) is 24.3 Å². The van der Waals surface area contributed by atoms with E-state index < -0.39 is 0 Å². The standard InChI is InChI=1S/C15H16N2O/c1-11-2-6-13(7-3-11)14-8-4-12(5-9-14)10-15(18)17-16/h2-9H,10,16H2,1H3,(H,17,18). The van der Waals surface area contributed by atoms with Gasteiger partial charge in [-0.15, -0.1) is 0 Å². The van der Waals surface area contributed by atoms with Gasteiger partial charge < -0.3 is 0 Å². The predicted octanol–water partition coefficient (Wildman–Crippen LogP) is 2.19. The van der Waals surface area contributed by atoms with E-state index in [1.165, 1.54) is 11.1 Å². The van der Waals surface area contributed by atoms with Crippen molar-refractivity contribution < 1.29 is 4.79 Å². The van der Waals surface area contributed by atoms with Gasteiger partial charge in [-0.1, -0.05) is 54.1 Å². The molecule has 0 aliphatic heterocycles. The molecule has 0 fully saturated rings. The van der Waals surface area contributed by atoms with E-state index in [9.17, 15) is 4.79 Å². The molecule has 0 radical (unpaired) electrons. The number of carbonyl (C=O) groups is 1. The van der Waals surface area contributed by atoms with Gasteiger partial charge in [-0.2, -0.15) is 0 Å². The summed E-state index contributed by atoms with van der Waals surface area (Å²) in [6, 6.07) is 16.3. The number of aryl methyl sites for hydroxylation is 1. The molecule has 0 saturated heterocycles. The second kappa shape index (κ2) is 5.47. The lowest BCUT2D eigenvalue weighted by Gasteiger charge is -2.04. The number of nitrogens with one attached hydrogen (secondary N) is 1. The van der Waals surface area contributed by atoms with E-state index >= 15 is 0 Å². The van der Waals surface area contributed by atoms with Crippen molar-refractivity contribution >= 4 is 5.91 Å². The molecule has 0 aromatic heterocycles. The van der Waals surface area contributed by atoms with Crippen molar-refractivity contribution in [3.05, 3.63) is 59.7 Å². The van der Waals surface area contributed by atoms with Crippen molar-refractivity contribution in [1.82, 2.24) is 5.43 Å². The largest absolute Gasteiger partial charge is 0.294 e. The molecule has 0 aliphatic carbocycles. The molecule has 0 unspecified atom stereocenters. The molecular formula is C15H16N2O. The van der Waals surface area contributed by atoms with Crippen LogP contribution in [0.2, 0.25) is 0 Å². The molecule has 18 heavy (non-hydrogen) atoms. The minimum Gasteiger partial charge on any atom is -0.294 e. The van der Waals surface area contributed by atoms with Crippen LogP contribution in [-0.4, -0.2) is 5.91 Å². The topological polar surface area (TPSA) is 55.1 Å². The van der Waals surface area contributed by atoms with Crippen LogP contribution >= 0.6 is 0 Å². The van der Waals surface area contributed by atoms with Gasteiger partial charge in [0.25, 0.3) is 0 Å². The van der Waals surface area contributed by atoms with Crippen molar-refractivity contribution in [2.24, 2.45) is 5.84 Å². The van der Waals surface area contributed by atoms with E-state index in [-0.39, 0.29) is 5.91 Å². The van der Waals surface area contributed by atoms with Gasteiger partial charge in [-0.05, 0) is 23.6 Å². The number of hydrazine groups is 1. The smallest absolute Gasteiger partial charge is 0.238 e. The molecule has 0 heterocycles. The van der Waals surface area contributed by atoms with Crippen LogP contribution in [0.15, 0.2) is 48.5 Å². The van der Waals surface area contributed by atoms with Gasteiger partial charge in [0, 0.05) is 0 Å². The molecule has 0 bridgehead atoms. The van der Waals surface area contributed by atoms with Crippen molar-refractivity contribution in [1.29, 1.82) is 0 Å². The summed E-state index contributed by atoms with van der Waals surface area (Å²) in [6.45, 7) is 2.07. The Morgan fingerprint density at radius 3 is 2.00 bits per heavy atom. The van der Waals surface area contributed by atoms with Gasteiger partial charge in [0.1, 0.15) is 0 Å². The lowest BCUT2D eigenvalue weighted by atomic mass is 10.0. The second-order valence-corrected chi connectivity index (χ2v) is 4.31. The first-order valence-electron chi connectivity index (χ1n) is 5.84. The predicted molar refractivity (Wildman–Crippen MR) is 72.6 cm³/mol. The van der Waals surface area contributed by atoms with E-state index in [1.54, 1.807) is 0 Å². The highest BCUT2D eigenvalue weighted by molar-refractivity contribution is 5.78. The van der Waals surface area contributed by atoms with Crippen LogP contribution in [-0.2, 0) is 11.2 Å². The number of rotatable bonds is 3. The highest BCUT2D eigenvalue weighted by Crippen LogP contribution is 2.20. The summed E-state index contributed by atoms with van der Waals surface area (Å²) in [7, 11) is 0. The van der Waals surface area contributed by atoms with Crippen molar-refractivity contribution in [3.63, 3.8) is 0 Å². The summed E-state index contributed by atoms with van der Waals surface area (Å²) in [6.07, 6.45) is 0.310. The first kappa shape index (κ1) is 12.3. The Morgan fingerprint density at radius 1 is 1.00 bits per heavy atom. The van der Waals surface area contributed by atoms with Gasteiger partial charge in [-0.3, -0.25) is 10.2 Å². The van der Waals surface area contributed by atoms with Crippen molar-refractivity contribution in [2.45, 2.75) is 13.3 Å². The van der Waals surface area contributed by atoms with Gasteiger partial charge >= 0.3 is 0 Å². The SMILES string of the molecule is Cc1ccc(-c2ccc(CC(=O)NN)cc2)cc1. The number of nitrogens with two attached hydrogens (primary N) is 1. The zero-order chi connectivity index (χ0) is 13.0. The molecular weight excluding hydrogens is 224 g/mol. The minimum absolute atomic E-state index is 0.182. The zero-order valence-electron chi connectivity index (χ0n) is 10.3. The maximum atomic E-state index is 11.1. The molecule has 0 atom stereocenters. The maximum Gasteiger partial charge on any atom is 0.238 e. The third-order valence-electron chi connectivity index (χ3n) is 2.86. The first-order valence-corrected chi connectivity index (χ1v) is 5.84. The molecule has 2 aromatic carbocycles. The molecule has 0 aliphatic rings. The Hall–Kier alpha value is -2.13. The summed E-state index contributed by atoms with van der Waals surface area (Å²) in [5.41, 5.74) is 6.65. The van der Waals surface area contributed by atoms with Crippen LogP contribution in [0.25, 0.3) is 11.1 Å². The molecule has 92 valence electrons. The Bertz CT molecular complexity index is 529.